The van der Waals surface area contributed by atoms with Gasteiger partial charge in [-0.05, 0) is 48.0 Å². The first-order valence-corrected chi connectivity index (χ1v) is 12.9. The van der Waals surface area contributed by atoms with Crippen LogP contribution < -0.4 is 10.6 Å². The van der Waals surface area contributed by atoms with Gasteiger partial charge in [-0.1, -0.05) is 34.8 Å². The van der Waals surface area contributed by atoms with Crippen molar-refractivity contribution in [3.8, 4) is 0 Å². The molecule has 0 bridgehead atoms. The summed E-state index contributed by atoms with van der Waals surface area (Å²) in [6.07, 6.45) is -0.536. The number of amides is 2. The lowest BCUT2D eigenvalue weighted by Crippen LogP contribution is -2.18. The van der Waals surface area contributed by atoms with Gasteiger partial charge in [-0.2, -0.15) is 0 Å². The van der Waals surface area contributed by atoms with Gasteiger partial charge >= 0.3 is 0 Å². The van der Waals surface area contributed by atoms with E-state index >= 15 is 0 Å². The van der Waals surface area contributed by atoms with E-state index in [2.05, 4.69) is 10.6 Å². The summed E-state index contributed by atoms with van der Waals surface area (Å²) >= 11 is 31.1. The van der Waals surface area contributed by atoms with Gasteiger partial charge in [0.25, 0.3) is 0 Å². The zero-order valence-electron chi connectivity index (χ0n) is 19.4. The molecule has 12 heteroatoms. The molecule has 198 valence electrons. The van der Waals surface area contributed by atoms with Gasteiger partial charge in [0, 0.05) is 52.2 Å². The van der Waals surface area contributed by atoms with Crippen LogP contribution in [0.5, 0.6) is 0 Å². The second-order valence-electron chi connectivity index (χ2n) is 8.71. The Labute approximate surface area is 241 Å². The summed E-state index contributed by atoms with van der Waals surface area (Å²) in [6.45, 7) is 1.17. The van der Waals surface area contributed by atoms with Crippen LogP contribution in [0.2, 0.25) is 15.1 Å². The fourth-order valence-electron chi connectivity index (χ4n) is 4.20. The number of hydrogen-bond acceptors (Lipinski definition) is 3. The maximum absolute atomic E-state index is 14.5. The van der Waals surface area contributed by atoms with E-state index in [0.29, 0.717) is 21.7 Å². The third-order valence-corrected chi connectivity index (χ3v) is 7.63. The second kappa shape index (κ2) is 11.0. The fourth-order valence-corrected chi connectivity index (χ4v) is 5.79. The molecule has 38 heavy (non-hydrogen) atoms. The molecule has 3 aromatic carbocycles. The highest BCUT2D eigenvalue weighted by Gasteiger charge is 2.67. The lowest BCUT2D eigenvalue weighted by atomic mass is 10.00. The van der Waals surface area contributed by atoms with Crippen molar-refractivity contribution in [2.75, 3.05) is 10.6 Å². The summed E-state index contributed by atoms with van der Waals surface area (Å²) in [6, 6.07) is 10.5. The van der Waals surface area contributed by atoms with Gasteiger partial charge in [-0.3, -0.25) is 14.4 Å². The van der Waals surface area contributed by atoms with Crippen LogP contribution in [0.1, 0.15) is 34.3 Å². The Balaban J connectivity index is 1.55. The maximum Gasteiger partial charge on any atom is 0.231 e. The minimum Gasteiger partial charge on any atom is -0.326 e. The normalized spacial score (nSPS) is 17.6. The topological polar surface area (TPSA) is 75.3 Å². The highest BCUT2D eigenvalue weighted by molar-refractivity contribution is 6.53. The maximum atomic E-state index is 14.5. The first-order valence-electron chi connectivity index (χ1n) is 11.0. The lowest BCUT2D eigenvalue weighted by molar-refractivity contribution is -0.117. The summed E-state index contributed by atoms with van der Waals surface area (Å²) in [4.78, 5) is 37.6. The molecule has 3 aromatic rings. The van der Waals surface area contributed by atoms with Gasteiger partial charge in [-0.25, -0.2) is 8.78 Å². The third-order valence-electron chi connectivity index (χ3n) is 5.92. The third kappa shape index (κ3) is 6.08. The summed E-state index contributed by atoms with van der Waals surface area (Å²) in [5.74, 6) is -5.07. The van der Waals surface area contributed by atoms with Gasteiger partial charge in [-0.15, -0.1) is 23.2 Å². The van der Waals surface area contributed by atoms with Crippen molar-refractivity contribution >= 4 is 87.0 Å². The molecule has 5 nitrogen and oxygen atoms in total. The summed E-state index contributed by atoms with van der Waals surface area (Å²) in [5.41, 5.74) is 0.385. The number of Topliss-reactive ketones (excluding diaryl/α,β-unsaturated/α-hetero) is 1. The number of hydrogen-bond donors (Lipinski definition) is 2. The number of ketones is 1. The van der Waals surface area contributed by atoms with Gasteiger partial charge in [0.05, 0.1) is 16.6 Å². The molecule has 0 spiro atoms. The first kappa shape index (κ1) is 28.6. The fraction of sp³-hybridized carbons (Fsp3) is 0.192. The van der Waals surface area contributed by atoms with Gasteiger partial charge < -0.3 is 10.6 Å². The Hall–Kier alpha value is -2.42. The molecule has 1 fully saturated rings. The smallest absolute Gasteiger partial charge is 0.231 e. The van der Waals surface area contributed by atoms with Crippen molar-refractivity contribution < 1.29 is 23.2 Å². The van der Waals surface area contributed by atoms with Gasteiger partial charge in [0.15, 0.2) is 5.78 Å². The number of alkyl halides is 2. The van der Waals surface area contributed by atoms with E-state index in [9.17, 15) is 23.2 Å². The average molecular weight is 621 g/mol. The van der Waals surface area contributed by atoms with Crippen LogP contribution in [-0.4, -0.2) is 21.9 Å². The molecule has 2 amide bonds. The quantitative estimate of drug-likeness (QED) is 0.209. The highest BCUT2D eigenvalue weighted by atomic mass is 35.5. The molecule has 2 unspecified atom stereocenters. The van der Waals surface area contributed by atoms with E-state index in [1.807, 2.05) is 0 Å². The molecule has 2 N–H and O–H groups in total. The van der Waals surface area contributed by atoms with Crippen LogP contribution in [0.15, 0.2) is 48.5 Å². The summed E-state index contributed by atoms with van der Waals surface area (Å²) in [5, 5.41) is 5.75. The summed E-state index contributed by atoms with van der Waals surface area (Å²) < 4.78 is 26.8. The Morgan fingerprint density at radius 3 is 2.21 bits per heavy atom. The van der Waals surface area contributed by atoms with Crippen molar-refractivity contribution in [3.05, 3.63) is 91.9 Å². The van der Waals surface area contributed by atoms with Gasteiger partial charge in [0.2, 0.25) is 11.8 Å². The van der Waals surface area contributed by atoms with E-state index in [4.69, 9.17) is 58.0 Å². The number of nitrogens with one attached hydrogen (secondary N) is 2. The standard InChI is InChI=1S/C26H17Cl5F2N2O3/c1-11(36)34-21-8-15(32)7-20(33)18(21)10-22(37)17-9-16(2-3-19(17)29)35-25(38)24-23(26(24,30)31)12-4-13(27)6-14(28)5-12/h2-9,23-24H,10H2,1H3,(H,34,36)(H,35,38). The van der Waals surface area contributed by atoms with Gasteiger partial charge in [0.1, 0.15) is 16.0 Å². The molecule has 0 aliphatic heterocycles. The molecule has 2 atom stereocenters. The zero-order valence-corrected chi connectivity index (χ0v) is 23.1. The molecule has 1 aliphatic rings. The van der Waals surface area contributed by atoms with Crippen LogP contribution in [0.25, 0.3) is 0 Å². The first-order chi connectivity index (χ1) is 17.8. The minimum absolute atomic E-state index is 0.0288. The van der Waals surface area contributed by atoms with Crippen LogP contribution in [0.3, 0.4) is 0 Å². The Morgan fingerprint density at radius 1 is 0.921 bits per heavy atom. The predicted molar refractivity (Wildman–Crippen MR) is 146 cm³/mol. The van der Waals surface area contributed by atoms with Crippen LogP contribution in [0.4, 0.5) is 20.2 Å². The summed E-state index contributed by atoms with van der Waals surface area (Å²) in [7, 11) is 0. The van der Waals surface area contributed by atoms with Crippen molar-refractivity contribution in [1.82, 2.24) is 0 Å². The molecular weight excluding hydrogens is 604 g/mol. The van der Waals surface area contributed by atoms with E-state index in [1.165, 1.54) is 31.2 Å². The van der Waals surface area contributed by atoms with E-state index in [0.717, 1.165) is 6.07 Å². The number of anilines is 2. The van der Waals surface area contributed by atoms with Crippen LogP contribution in [0, 0.1) is 17.6 Å². The zero-order chi connectivity index (χ0) is 27.9. The molecular formula is C26H17Cl5F2N2O3. The number of halogens is 7. The number of benzene rings is 3. The van der Waals surface area contributed by atoms with E-state index in [-0.39, 0.29) is 27.5 Å². The Kier molecular flexibility index (Phi) is 8.26. The molecule has 0 saturated heterocycles. The number of carbonyl (C=O) groups is 3. The Bertz CT molecular complexity index is 1460. The van der Waals surface area contributed by atoms with E-state index < -0.39 is 51.8 Å². The monoisotopic (exact) mass is 618 g/mol. The lowest BCUT2D eigenvalue weighted by Gasteiger charge is -2.13. The van der Waals surface area contributed by atoms with Crippen LogP contribution in [-0.2, 0) is 16.0 Å². The SMILES string of the molecule is CC(=O)Nc1cc(F)cc(F)c1CC(=O)c1cc(NC(=O)C2C(c3cc(Cl)cc(Cl)c3)C2(Cl)Cl)ccc1Cl. The molecule has 0 heterocycles. The molecule has 1 saturated carbocycles. The molecule has 0 radical (unpaired) electrons. The van der Waals surface area contributed by atoms with Crippen molar-refractivity contribution in [2.45, 2.75) is 23.6 Å². The molecule has 4 rings (SSSR count). The van der Waals surface area contributed by atoms with Crippen molar-refractivity contribution in [1.29, 1.82) is 0 Å². The second-order valence-corrected chi connectivity index (χ2v) is 11.4. The number of carbonyl (C=O) groups excluding carboxylic acids is 3. The minimum atomic E-state index is -1.41. The van der Waals surface area contributed by atoms with Crippen molar-refractivity contribution in [2.24, 2.45) is 5.92 Å². The number of rotatable bonds is 7. The largest absolute Gasteiger partial charge is 0.326 e. The molecule has 0 aromatic heterocycles. The predicted octanol–water partition coefficient (Wildman–Crippen LogP) is 7.83. The van der Waals surface area contributed by atoms with Crippen LogP contribution >= 0.6 is 58.0 Å². The highest BCUT2D eigenvalue weighted by Crippen LogP contribution is 2.65. The molecule has 1 aliphatic carbocycles. The Morgan fingerprint density at radius 2 is 1.58 bits per heavy atom. The van der Waals surface area contributed by atoms with E-state index in [1.54, 1.807) is 12.1 Å². The van der Waals surface area contributed by atoms with Crippen molar-refractivity contribution in [3.63, 3.8) is 0 Å². The average Bonchev–Trinajstić information content (AvgIpc) is 3.38.